The Kier molecular flexibility index (Phi) is 6.20. The summed E-state index contributed by atoms with van der Waals surface area (Å²) < 4.78 is 5.13. The van der Waals surface area contributed by atoms with Crippen molar-refractivity contribution in [2.24, 2.45) is 0 Å². The SMILES string of the molecule is CNc1nccc(NCCCOCCO)n1. The molecule has 0 atom stereocenters. The molecule has 0 fully saturated rings. The van der Waals surface area contributed by atoms with Crippen molar-refractivity contribution in [1.29, 1.82) is 0 Å². The van der Waals surface area contributed by atoms with Crippen LogP contribution in [0.1, 0.15) is 6.42 Å². The van der Waals surface area contributed by atoms with Crippen LogP contribution in [-0.2, 0) is 4.74 Å². The molecule has 0 unspecified atom stereocenters. The summed E-state index contributed by atoms with van der Waals surface area (Å²) in [4.78, 5) is 8.22. The maximum atomic E-state index is 8.49. The van der Waals surface area contributed by atoms with Crippen LogP contribution in [-0.4, -0.2) is 48.5 Å². The van der Waals surface area contributed by atoms with Crippen LogP contribution in [0.5, 0.6) is 0 Å². The van der Waals surface area contributed by atoms with Gasteiger partial charge in [-0.15, -0.1) is 0 Å². The first-order chi connectivity index (χ1) is 7.86. The van der Waals surface area contributed by atoms with Crippen molar-refractivity contribution in [1.82, 2.24) is 9.97 Å². The molecule has 0 bridgehead atoms. The Morgan fingerprint density at radius 2 is 2.31 bits per heavy atom. The van der Waals surface area contributed by atoms with Crippen LogP contribution in [0.25, 0.3) is 0 Å². The number of rotatable bonds is 8. The van der Waals surface area contributed by atoms with Gasteiger partial charge in [-0.05, 0) is 12.5 Å². The molecule has 1 aromatic heterocycles. The van der Waals surface area contributed by atoms with E-state index in [2.05, 4.69) is 20.6 Å². The summed E-state index contributed by atoms with van der Waals surface area (Å²) in [5, 5.41) is 14.5. The van der Waals surface area contributed by atoms with Crippen molar-refractivity contribution >= 4 is 11.8 Å². The third kappa shape index (κ3) is 4.90. The summed E-state index contributed by atoms with van der Waals surface area (Å²) in [5.74, 6) is 1.39. The fraction of sp³-hybridized carbons (Fsp3) is 0.600. The average molecular weight is 226 g/mol. The van der Waals surface area contributed by atoms with E-state index in [1.807, 2.05) is 6.07 Å². The number of aliphatic hydroxyl groups is 1. The van der Waals surface area contributed by atoms with Crippen LogP contribution < -0.4 is 10.6 Å². The summed E-state index contributed by atoms with van der Waals surface area (Å²) in [6, 6.07) is 1.81. The number of hydrogen-bond donors (Lipinski definition) is 3. The number of aromatic nitrogens is 2. The van der Waals surface area contributed by atoms with Crippen LogP contribution in [0.3, 0.4) is 0 Å². The largest absolute Gasteiger partial charge is 0.394 e. The van der Waals surface area contributed by atoms with E-state index in [4.69, 9.17) is 9.84 Å². The third-order valence-electron chi connectivity index (χ3n) is 1.89. The van der Waals surface area contributed by atoms with Crippen molar-refractivity contribution < 1.29 is 9.84 Å². The monoisotopic (exact) mass is 226 g/mol. The van der Waals surface area contributed by atoms with Crippen molar-refractivity contribution in [3.63, 3.8) is 0 Å². The normalized spacial score (nSPS) is 10.1. The van der Waals surface area contributed by atoms with Gasteiger partial charge >= 0.3 is 0 Å². The lowest BCUT2D eigenvalue weighted by molar-refractivity contribution is 0.0922. The molecule has 0 saturated carbocycles. The van der Waals surface area contributed by atoms with Crippen LogP contribution in [0.15, 0.2) is 12.3 Å². The molecule has 0 radical (unpaired) electrons. The molecule has 0 aliphatic heterocycles. The van der Waals surface area contributed by atoms with Crippen LogP contribution in [0, 0.1) is 0 Å². The first-order valence-corrected chi connectivity index (χ1v) is 5.30. The Labute approximate surface area is 95.1 Å². The molecule has 16 heavy (non-hydrogen) atoms. The van der Waals surface area contributed by atoms with E-state index >= 15 is 0 Å². The van der Waals surface area contributed by atoms with Gasteiger partial charge in [-0.25, -0.2) is 4.98 Å². The van der Waals surface area contributed by atoms with Crippen molar-refractivity contribution in [3.05, 3.63) is 12.3 Å². The molecule has 1 rings (SSSR count). The highest BCUT2D eigenvalue weighted by Gasteiger charge is 1.96. The fourth-order valence-electron chi connectivity index (χ4n) is 1.13. The number of anilines is 2. The Morgan fingerprint density at radius 1 is 1.44 bits per heavy atom. The van der Waals surface area contributed by atoms with Gasteiger partial charge in [-0.3, -0.25) is 0 Å². The first kappa shape index (κ1) is 12.7. The highest BCUT2D eigenvalue weighted by Crippen LogP contribution is 2.04. The molecule has 1 heterocycles. The summed E-state index contributed by atoms with van der Waals surface area (Å²) in [7, 11) is 1.78. The zero-order valence-electron chi connectivity index (χ0n) is 9.44. The fourth-order valence-corrected chi connectivity index (χ4v) is 1.13. The molecule has 3 N–H and O–H groups in total. The minimum atomic E-state index is 0.0743. The number of nitrogens with zero attached hydrogens (tertiary/aromatic N) is 2. The molecule has 0 spiro atoms. The standard InChI is InChI=1S/C10H18N4O2/c1-11-10-13-5-3-9(14-10)12-4-2-7-16-8-6-15/h3,5,15H,2,4,6-8H2,1H3,(H2,11,12,13,14). The second-order valence-electron chi connectivity index (χ2n) is 3.13. The summed E-state index contributed by atoms with van der Waals surface area (Å²) >= 11 is 0. The van der Waals surface area contributed by atoms with Crippen molar-refractivity contribution in [3.8, 4) is 0 Å². The maximum absolute atomic E-state index is 8.49. The lowest BCUT2D eigenvalue weighted by Crippen LogP contribution is -2.09. The predicted octanol–water partition coefficient (Wildman–Crippen LogP) is 0.329. The quantitative estimate of drug-likeness (QED) is 0.554. The lowest BCUT2D eigenvalue weighted by Gasteiger charge is -2.06. The van der Waals surface area contributed by atoms with E-state index < -0.39 is 0 Å². The highest BCUT2D eigenvalue weighted by molar-refractivity contribution is 5.38. The van der Waals surface area contributed by atoms with Crippen molar-refractivity contribution in [2.45, 2.75) is 6.42 Å². The minimum absolute atomic E-state index is 0.0743. The third-order valence-corrected chi connectivity index (χ3v) is 1.89. The van der Waals surface area contributed by atoms with Gasteiger partial charge in [0.05, 0.1) is 13.2 Å². The number of aliphatic hydroxyl groups excluding tert-OH is 1. The molecule has 90 valence electrons. The van der Waals surface area contributed by atoms with E-state index in [1.165, 1.54) is 0 Å². The molecular formula is C10H18N4O2. The summed E-state index contributed by atoms with van der Waals surface area (Å²) in [6.07, 6.45) is 2.57. The van der Waals surface area contributed by atoms with Crippen molar-refractivity contribution in [2.75, 3.05) is 44.0 Å². The smallest absolute Gasteiger partial charge is 0.224 e. The zero-order chi connectivity index (χ0) is 11.6. The zero-order valence-corrected chi connectivity index (χ0v) is 9.44. The van der Waals surface area contributed by atoms with E-state index in [0.29, 0.717) is 19.2 Å². The van der Waals surface area contributed by atoms with E-state index in [-0.39, 0.29) is 6.61 Å². The van der Waals surface area contributed by atoms with E-state index in [1.54, 1.807) is 13.2 Å². The van der Waals surface area contributed by atoms with Gasteiger partial charge in [0.25, 0.3) is 0 Å². The molecule has 0 aliphatic carbocycles. The molecule has 0 amide bonds. The molecule has 6 heteroatoms. The van der Waals surface area contributed by atoms with Gasteiger partial charge in [-0.2, -0.15) is 4.98 Å². The first-order valence-electron chi connectivity index (χ1n) is 5.30. The molecule has 0 saturated heterocycles. The van der Waals surface area contributed by atoms with Crippen LogP contribution in [0.2, 0.25) is 0 Å². The van der Waals surface area contributed by atoms with Crippen LogP contribution >= 0.6 is 0 Å². The Bertz CT molecular complexity index is 296. The molecular weight excluding hydrogens is 208 g/mol. The summed E-state index contributed by atoms with van der Waals surface area (Å²) in [5.41, 5.74) is 0. The number of hydrogen-bond acceptors (Lipinski definition) is 6. The van der Waals surface area contributed by atoms with Gasteiger partial charge in [-0.1, -0.05) is 0 Å². The van der Waals surface area contributed by atoms with Gasteiger partial charge in [0.1, 0.15) is 5.82 Å². The molecule has 6 nitrogen and oxygen atoms in total. The van der Waals surface area contributed by atoms with Gasteiger partial charge in [0.15, 0.2) is 0 Å². The Hall–Kier alpha value is -1.40. The Morgan fingerprint density at radius 3 is 3.06 bits per heavy atom. The number of ether oxygens (including phenoxy) is 1. The average Bonchev–Trinajstić information content (AvgIpc) is 2.34. The molecule has 0 aromatic carbocycles. The van der Waals surface area contributed by atoms with Gasteiger partial charge in [0, 0.05) is 26.4 Å². The maximum Gasteiger partial charge on any atom is 0.224 e. The highest BCUT2D eigenvalue weighted by atomic mass is 16.5. The second-order valence-corrected chi connectivity index (χ2v) is 3.13. The second kappa shape index (κ2) is 7.84. The lowest BCUT2D eigenvalue weighted by atomic mass is 10.4. The molecule has 0 aliphatic rings. The topological polar surface area (TPSA) is 79.3 Å². The minimum Gasteiger partial charge on any atom is -0.394 e. The van der Waals surface area contributed by atoms with Gasteiger partial charge < -0.3 is 20.5 Å². The van der Waals surface area contributed by atoms with Crippen LogP contribution in [0.4, 0.5) is 11.8 Å². The number of nitrogens with one attached hydrogen (secondary N) is 2. The van der Waals surface area contributed by atoms with E-state index in [9.17, 15) is 0 Å². The molecule has 1 aromatic rings. The van der Waals surface area contributed by atoms with Gasteiger partial charge in [0.2, 0.25) is 5.95 Å². The Balaban J connectivity index is 2.16. The summed E-state index contributed by atoms with van der Waals surface area (Å²) in [6.45, 7) is 1.89. The predicted molar refractivity (Wildman–Crippen MR) is 62.6 cm³/mol. The van der Waals surface area contributed by atoms with E-state index in [0.717, 1.165) is 18.8 Å².